The molecule has 1 aromatic carbocycles. The molecule has 29 heavy (non-hydrogen) atoms. The Kier molecular flexibility index (Phi) is 5.24. The summed E-state index contributed by atoms with van der Waals surface area (Å²) in [6, 6.07) is 7.57. The Hall–Kier alpha value is -3.29. The number of anilines is 1. The number of hydrogen-bond donors (Lipinski definition) is 2. The molecule has 2 aromatic heterocycles. The van der Waals surface area contributed by atoms with Gasteiger partial charge in [0.15, 0.2) is 0 Å². The van der Waals surface area contributed by atoms with Crippen molar-refractivity contribution in [2.24, 2.45) is 5.92 Å². The van der Waals surface area contributed by atoms with E-state index in [4.69, 9.17) is 0 Å². The summed E-state index contributed by atoms with van der Waals surface area (Å²) in [5.41, 5.74) is 4.63. The van der Waals surface area contributed by atoms with Gasteiger partial charge in [0.25, 0.3) is 5.78 Å². The summed E-state index contributed by atoms with van der Waals surface area (Å²) in [6.45, 7) is 4.35. The number of nitrogens with zero attached hydrogens (tertiary/aromatic N) is 4. The van der Waals surface area contributed by atoms with Crippen LogP contribution in [-0.2, 0) is 22.6 Å². The van der Waals surface area contributed by atoms with E-state index >= 15 is 0 Å². The first-order chi connectivity index (χ1) is 14.0. The molecule has 150 valence electrons. The summed E-state index contributed by atoms with van der Waals surface area (Å²) in [7, 11) is 0. The minimum Gasteiger partial charge on any atom is -0.352 e. The molecule has 1 fully saturated rings. The van der Waals surface area contributed by atoms with Gasteiger partial charge in [0, 0.05) is 36.0 Å². The van der Waals surface area contributed by atoms with Crippen LogP contribution in [0.1, 0.15) is 41.8 Å². The fourth-order valence-electron chi connectivity index (χ4n) is 3.34. The average molecular weight is 392 g/mol. The fourth-order valence-corrected chi connectivity index (χ4v) is 3.34. The third kappa shape index (κ3) is 4.42. The molecule has 1 aliphatic rings. The van der Waals surface area contributed by atoms with Gasteiger partial charge in [0.1, 0.15) is 6.33 Å². The summed E-state index contributed by atoms with van der Waals surface area (Å²) in [4.78, 5) is 32.6. The second-order valence-electron chi connectivity index (χ2n) is 7.47. The molecule has 0 aliphatic heterocycles. The molecule has 2 amide bonds. The molecule has 0 saturated heterocycles. The number of amides is 2. The van der Waals surface area contributed by atoms with Crippen LogP contribution in [0.2, 0.25) is 0 Å². The van der Waals surface area contributed by atoms with E-state index < -0.39 is 0 Å². The highest BCUT2D eigenvalue weighted by Crippen LogP contribution is 2.30. The topological polar surface area (TPSA) is 101 Å². The van der Waals surface area contributed by atoms with Crippen molar-refractivity contribution in [3.8, 4) is 0 Å². The van der Waals surface area contributed by atoms with Crippen LogP contribution in [-0.4, -0.2) is 31.4 Å². The smallest absolute Gasteiger partial charge is 0.252 e. The summed E-state index contributed by atoms with van der Waals surface area (Å²) >= 11 is 0. The molecule has 8 nitrogen and oxygen atoms in total. The van der Waals surface area contributed by atoms with Crippen molar-refractivity contribution in [1.29, 1.82) is 0 Å². The third-order valence-electron chi connectivity index (χ3n) is 5.25. The predicted molar refractivity (Wildman–Crippen MR) is 108 cm³/mol. The highest BCUT2D eigenvalue weighted by Gasteiger charge is 2.29. The quantitative estimate of drug-likeness (QED) is 0.643. The van der Waals surface area contributed by atoms with Gasteiger partial charge in [-0.1, -0.05) is 12.1 Å². The van der Waals surface area contributed by atoms with Crippen molar-refractivity contribution in [2.75, 3.05) is 5.32 Å². The van der Waals surface area contributed by atoms with Crippen LogP contribution in [0.4, 0.5) is 5.69 Å². The van der Waals surface area contributed by atoms with Gasteiger partial charge in [-0.3, -0.25) is 9.59 Å². The van der Waals surface area contributed by atoms with Crippen molar-refractivity contribution in [2.45, 2.75) is 46.1 Å². The monoisotopic (exact) mass is 392 g/mol. The zero-order valence-corrected chi connectivity index (χ0v) is 16.6. The van der Waals surface area contributed by atoms with Gasteiger partial charge in [-0.2, -0.15) is 10.1 Å². The lowest BCUT2D eigenvalue weighted by Gasteiger charge is -2.11. The highest BCUT2D eigenvalue weighted by molar-refractivity contribution is 5.94. The SMILES string of the molecule is Cc1nc2ncnn2c(C)c1CCC(=O)NCc1ccc(NC(=O)C2CC2)cc1. The van der Waals surface area contributed by atoms with Crippen molar-refractivity contribution in [3.63, 3.8) is 0 Å². The molecule has 0 radical (unpaired) electrons. The lowest BCUT2D eigenvalue weighted by atomic mass is 10.1. The van der Waals surface area contributed by atoms with Crippen molar-refractivity contribution in [3.05, 3.63) is 53.1 Å². The third-order valence-corrected chi connectivity index (χ3v) is 5.25. The summed E-state index contributed by atoms with van der Waals surface area (Å²) in [5.74, 6) is 0.829. The molecule has 0 atom stereocenters. The second kappa shape index (κ2) is 7.98. The molecule has 8 heteroatoms. The highest BCUT2D eigenvalue weighted by atomic mass is 16.2. The molecule has 0 spiro atoms. The normalized spacial score (nSPS) is 13.4. The Morgan fingerprint density at radius 2 is 1.93 bits per heavy atom. The molecule has 2 heterocycles. The van der Waals surface area contributed by atoms with E-state index in [0.29, 0.717) is 25.2 Å². The average Bonchev–Trinajstić information content (AvgIpc) is 3.46. The van der Waals surface area contributed by atoms with Gasteiger partial charge in [-0.15, -0.1) is 0 Å². The van der Waals surface area contributed by atoms with E-state index in [0.717, 1.165) is 41.0 Å². The van der Waals surface area contributed by atoms with Crippen molar-refractivity contribution in [1.82, 2.24) is 24.9 Å². The van der Waals surface area contributed by atoms with Crippen molar-refractivity contribution < 1.29 is 9.59 Å². The van der Waals surface area contributed by atoms with Crippen LogP contribution >= 0.6 is 0 Å². The maximum atomic E-state index is 12.3. The molecule has 0 unspecified atom stereocenters. The maximum absolute atomic E-state index is 12.3. The van der Waals surface area contributed by atoms with E-state index in [-0.39, 0.29) is 17.7 Å². The largest absolute Gasteiger partial charge is 0.352 e. The molecule has 0 bridgehead atoms. The van der Waals surface area contributed by atoms with Crippen LogP contribution in [0.3, 0.4) is 0 Å². The van der Waals surface area contributed by atoms with Crippen LogP contribution in [0.15, 0.2) is 30.6 Å². The van der Waals surface area contributed by atoms with Gasteiger partial charge in [0.05, 0.1) is 0 Å². The maximum Gasteiger partial charge on any atom is 0.252 e. The standard InChI is InChI=1S/C21H24N6O2/c1-13-18(14(2)27-21(25-13)23-12-24-27)9-10-19(28)22-11-15-3-7-17(8-4-15)26-20(29)16-5-6-16/h3-4,7-8,12,16H,5-6,9-11H2,1-2H3,(H,22,28)(H,26,29). The number of rotatable bonds is 7. The fraction of sp³-hybridized carbons (Fsp3) is 0.381. The number of fused-ring (bicyclic) bond motifs is 1. The van der Waals surface area contributed by atoms with E-state index in [1.54, 1.807) is 4.52 Å². The molecule has 4 rings (SSSR count). The Morgan fingerprint density at radius 3 is 2.66 bits per heavy atom. The van der Waals surface area contributed by atoms with E-state index in [2.05, 4.69) is 25.7 Å². The lowest BCUT2D eigenvalue weighted by Crippen LogP contribution is -2.23. The minimum atomic E-state index is -0.0198. The Labute approximate surface area is 168 Å². The number of aryl methyl sites for hydroxylation is 2. The second-order valence-corrected chi connectivity index (χ2v) is 7.47. The van der Waals surface area contributed by atoms with Gasteiger partial charge >= 0.3 is 0 Å². The minimum absolute atomic E-state index is 0.0198. The van der Waals surface area contributed by atoms with E-state index in [9.17, 15) is 9.59 Å². The number of hydrogen-bond acceptors (Lipinski definition) is 5. The first kappa shape index (κ1) is 19.0. The Morgan fingerprint density at radius 1 is 1.17 bits per heavy atom. The van der Waals surface area contributed by atoms with Crippen LogP contribution in [0.5, 0.6) is 0 Å². The molecular weight excluding hydrogens is 368 g/mol. The number of nitrogens with one attached hydrogen (secondary N) is 2. The lowest BCUT2D eigenvalue weighted by molar-refractivity contribution is -0.121. The summed E-state index contributed by atoms with van der Waals surface area (Å²) in [5, 5.41) is 10.0. The van der Waals surface area contributed by atoms with Crippen molar-refractivity contribution >= 4 is 23.3 Å². The van der Waals surface area contributed by atoms with Crippen LogP contribution < -0.4 is 10.6 Å². The van der Waals surface area contributed by atoms with Gasteiger partial charge in [-0.05, 0) is 56.4 Å². The van der Waals surface area contributed by atoms with Gasteiger partial charge < -0.3 is 10.6 Å². The first-order valence-electron chi connectivity index (χ1n) is 9.83. The van der Waals surface area contributed by atoms with Crippen LogP contribution in [0, 0.1) is 19.8 Å². The summed E-state index contributed by atoms with van der Waals surface area (Å²) in [6.07, 6.45) is 4.42. The Bertz CT molecular complexity index is 1050. The first-order valence-corrected chi connectivity index (χ1v) is 9.83. The van der Waals surface area contributed by atoms with E-state index in [1.165, 1.54) is 6.33 Å². The van der Waals surface area contributed by atoms with Gasteiger partial charge in [-0.25, -0.2) is 9.50 Å². The number of aromatic nitrogens is 4. The number of carbonyl (C=O) groups excluding carboxylic acids is 2. The number of benzene rings is 1. The van der Waals surface area contributed by atoms with E-state index in [1.807, 2.05) is 38.1 Å². The zero-order valence-electron chi connectivity index (χ0n) is 16.6. The Balaban J connectivity index is 1.28. The molecule has 1 saturated carbocycles. The van der Waals surface area contributed by atoms with Gasteiger partial charge in [0.2, 0.25) is 11.8 Å². The predicted octanol–water partition coefficient (Wildman–Crippen LogP) is 2.34. The molecule has 3 aromatic rings. The molecule has 1 aliphatic carbocycles. The number of carbonyl (C=O) groups is 2. The zero-order chi connectivity index (χ0) is 20.4. The molecule has 2 N–H and O–H groups in total. The summed E-state index contributed by atoms with van der Waals surface area (Å²) < 4.78 is 1.70. The molecular formula is C21H24N6O2. The van der Waals surface area contributed by atoms with Crippen LogP contribution in [0.25, 0.3) is 5.78 Å².